The zero-order valence-corrected chi connectivity index (χ0v) is 14.7. The lowest BCUT2D eigenvalue weighted by Crippen LogP contribution is -2.32. The fraction of sp³-hybridized carbons (Fsp3) is 1.00. The molecule has 1 atom stereocenters. The van der Waals surface area contributed by atoms with E-state index >= 15 is 0 Å². The van der Waals surface area contributed by atoms with Gasteiger partial charge in [0.1, 0.15) is 0 Å². The molecule has 0 bridgehead atoms. The highest BCUT2D eigenvalue weighted by atomic mass is 16.7. The highest BCUT2D eigenvalue weighted by Crippen LogP contribution is 2.19. The number of rotatable bonds is 11. The van der Waals surface area contributed by atoms with Crippen LogP contribution in [0, 0.1) is 0 Å². The largest absolute Gasteiger partial charge is 0.396 e. The van der Waals surface area contributed by atoms with Crippen molar-refractivity contribution < 1.29 is 24.1 Å². The van der Waals surface area contributed by atoms with Crippen LogP contribution >= 0.6 is 0 Å². The van der Waals surface area contributed by atoms with E-state index in [2.05, 4.69) is 13.8 Å². The van der Waals surface area contributed by atoms with Gasteiger partial charge in [0.15, 0.2) is 6.29 Å². The minimum atomic E-state index is -0.285. The summed E-state index contributed by atoms with van der Waals surface area (Å²) in [4.78, 5) is 0. The van der Waals surface area contributed by atoms with Gasteiger partial charge in [0.2, 0.25) is 0 Å². The molecule has 132 valence electrons. The van der Waals surface area contributed by atoms with E-state index in [4.69, 9.17) is 24.1 Å². The average Bonchev–Trinajstić information content (AvgIpc) is 2.44. The molecule has 0 spiro atoms. The van der Waals surface area contributed by atoms with Gasteiger partial charge in [0.25, 0.3) is 0 Å². The van der Waals surface area contributed by atoms with Gasteiger partial charge in [-0.15, -0.1) is 0 Å². The zero-order chi connectivity index (χ0) is 16.5. The van der Waals surface area contributed by atoms with E-state index in [0.29, 0.717) is 26.2 Å². The van der Waals surface area contributed by atoms with Crippen molar-refractivity contribution in [1.82, 2.24) is 0 Å². The summed E-state index contributed by atoms with van der Waals surface area (Å²) in [6, 6.07) is 0. The summed E-state index contributed by atoms with van der Waals surface area (Å²) in [5.41, 5.74) is -0.529. The molecule has 22 heavy (non-hydrogen) atoms. The lowest BCUT2D eigenvalue weighted by molar-refractivity contribution is -0.176. The summed E-state index contributed by atoms with van der Waals surface area (Å²) in [5.74, 6) is 0. The highest BCUT2D eigenvalue weighted by molar-refractivity contribution is 4.72. The minimum absolute atomic E-state index is 0.0527. The number of ether oxygens (including phenoxy) is 4. The molecule has 1 aliphatic rings. The molecule has 1 aliphatic heterocycles. The van der Waals surface area contributed by atoms with E-state index in [1.807, 2.05) is 13.8 Å². The molecular weight excluding hydrogens is 284 g/mol. The topological polar surface area (TPSA) is 57.2 Å². The van der Waals surface area contributed by atoms with Crippen LogP contribution in [-0.4, -0.2) is 55.6 Å². The van der Waals surface area contributed by atoms with Crippen molar-refractivity contribution in [1.29, 1.82) is 0 Å². The highest BCUT2D eigenvalue weighted by Gasteiger charge is 2.22. The first-order valence-electron chi connectivity index (χ1n) is 8.47. The molecule has 1 fully saturated rings. The second-order valence-electron chi connectivity index (χ2n) is 7.11. The number of aliphatic hydroxyl groups excluding tert-OH is 1. The van der Waals surface area contributed by atoms with Crippen LogP contribution in [0.1, 0.15) is 59.8 Å². The van der Waals surface area contributed by atoms with Crippen molar-refractivity contribution in [3.8, 4) is 0 Å². The third-order valence-electron chi connectivity index (χ3n) is 3.93. The molecule has 0 aromatic rings. The third kappa shape index (κ3) is 9.06. The Morgan fingerprint density at radius 3 is 2.27 bits per heavy atom. The summed E-state index contributed by atoms with van der Waals surface area (Å²) in [6.45, 7) is 10.8. The molecule has 1 unspecified atom stereocenters. The van der Waals surface area contributed by atoms with Crippen molar-refractivity contribution >= 4 is 0 Å². The Balaban J connectivity index is 2.09. The van der Waals surface area contributed by atoms with Gasteiger partial charge in [-0.25, -0.2) is 0 Å². The van der Waals surface area contributed by atoms with Crippen molar-refractivity contribution in [3.63, 3.8) is 0 Å². The van der Waals surface area contributed by atoms with Crippen molar-refractivity contribution in [2.45, 2.75) is 77.3 Å². The van der Waals surface area contributed by atoms with Gasteiger partial charge >= 0.3 is 0 Å². The SMILES string of the molecule is CC(C)(CCO)OCCC(C)(C)OCCOC1CCCCO1. The monoisotopic (exact) mass is 318 g/mol. The second kappa shape index (κ2) is 9.83. The average molecular weight is 318 g/mol. The number of hydrogen-bond donors (Lipinski definition) is 1. The molecule has 1 saturated heterocycles. The van der Waals surface area contributed by atoms with Gasteiger partial charge in [-0.2, -0.15) is 0 Å². The van der Waals surface area contributed by atoms with Gasteiger partial charge in [0.05, 0.1) is 31.0 Å². The molecular formula is C17H34O5. The summed E-state index contributed by atoms with van der Waals surface area (Å²) < 4.78 is 22.9. The van der Waals surface area contributed by atoms with Gasteiger partial charge in [-0.3, -0.25) is 0 Å². The van der Waals surface area contributed by atoms with Crippen LogP contribution in [0.15, 0.2) is 0 Å². The number of aliphatic hydroxyl groups is 1. The zero-order valence-electron chi connectivity index (χ0n) is 14.7. The molecule has 5 heteroatoms. The molecule has 1 rings (SSSR count). The Labute approximate surface area is 135 Å². The van der Waals surface area contributed by atoms with E-state index in [0.717, 1.165) is 25.9 Å². The van der Waals surface area contributed by atoms with Gasteiger partial charge in [-0.05, 0) is 59.8 Å². The summed E-state index contributed by atoms with van der Waals surface area (Å²) in [7, 11) is 0. The van der Waals surface area contributed by atoms with E-state index in [1.54, 1.807) is 0 Å². The first kappa shape index (κ1) is 19.8. The summed E-state index contributed by atoms with van der Waals surface area (Å²) in [6.07, 6.45) is 4.69. The molecule has 0 amide bonds. The maximum atomic E-state index is 8.98. The Morgan fingerprint density at radius 2 is 1.64 bits per heavy atom. The van der Waals surface area contributed by atoms with Crippen LogP contribution in [0.2, 0.25) is 0 Å². The molecule has 0 radical (unpaired) electrons. The summed E-state index contributed by atoms with van der Waals surface area (Å²) >= 11 is 0. The van der Waals surface area contributed by atoms with Crippen LogP contribution in [0.5, 0.6) is 0 Å². The Hall–Kier alpha value is -0.200. The van der Waals surface area contributed by atoms with E-state index in [9.17, 15) is 0 Å². The minimum Gasteiger partial charge on any atom is -0.396 e. The van der Waals surface area contributed by atoms with Crippen molar-refractivity contribution in [2.24, 2.45) is 0 Å². The summed E-state index contributed by atoms with van der Waals surface area (Å²) in [5, 5.41) is 8.98. The van der Waals surface area contributed by atoms with Crippen LogP contribution in [0.4, 0.5) is 0 Å². The van der Waals surface area contributed by atoms with Gasteiger partial charge in [-0.1, -0.05) is 0 Å². The normalized spacial score (nSPS) is 20.3. The van der Waals surface area contributed by atoms with Crippen molar-refractivity contribution in [3.05, 3.63) is 0 Å². The van der Waals surface area contributed by atoms with Gasteiger partial charge < -0.3 is 24.1 Å². The fourth-order valence-electron chi connectivity index (χ4n) is 2.33. The Morgan fingerprint density at radius 1 is 0.955 bits per heavy atom. The van der Waals surface area contributed by atoms with E-state index in [1.165, 1.54) is 6.42 Å². The van der Waals surface area contributed by atoms with Crippen LogP contribution in [0.3, 0.4) is 0 Å². The first-order valence-corrected chi connectivity index (χ1v) is 8.47. The van der Waals surface area contributed by atoms with Crippen molar-refractivity contribution in [2.75, 3.05) is 33.0 Å². The molecule has 1 N–H and O–H groups in total. The lowest BCUT2D eigenvalue weighted by Gasteiger charge is -2.30. The Kier molecular flexibility index (Phi) is 8.87. The quantitative estimate of drug-likeness (QED) is 0.594. The fourth-order valence-corrected chi connectivity index (χ4v) is 2.33. The smallest absolute Gasteiger partial charge is 0.157 e. The molecule has 5 nitrogen and oxygen atoms in total. The van der Waals surface area contributed by atoms with Crippen LogP contribution < -0.4 is 0 Å². The van der Waals surface area contributed by atoms with E-state index < -0.39 is 0 Å². The molecule has 0 aromatic heterocycles. The standard InChI is InChI=1S/C17H34O5/c1-16(2,8-10-18)21-12-9-17(3,4)22-14-13-20-15-7-5-6-11-19-15/h15,18H,5-14H2,1-4H3. The van der Waals surface area contributed by atoms with E-state index in [-0.39, 0.29) is 24.1 Å². The van der Waals surface area contributed by atoms with Gasteiger partial charge in [0, 0.05) is 13.2 Å². The predicted octanol–water partition coefficient (Wildman–Crippen LogP) is 2.89. The first-order chi connectivity index (χ1) is 10.3. The Bertz CT molecular complexity index is 285. The predicted molar refractivity (Wildman–Crippen MR) is 85.9 cm³/mol. The maximum absolute atomic E-state index is 8.98. The second-order valence-corrected chi connectivity index (χ2v) is 7.11. The molecule has 0 aliphatic carbocycles. The molecule has 0 aromatic carbocycles. The lowest BCUT2D eigenvalue weighted by atomic mass is 10.0. The maximum Gasteiger partial charge on any atom is 0.157 e. The number of hydrogen-bond acceptors (Lipinski definition) is 5. The van der Waals surface area contributed by atoms with Crippen LogP contribution in [0.25, 0.3) is 0 Å². The molecule has 1 heterocycles. The third-order valence-corrected chi connectivity index (χ3v) is 3.93. The van der Waals surface area contributed by atoms with Crippen LogP contribution in [-0.2, 0) is 18.9 Å². The molecule has 0 saturated carbocycles.